The van der Waals surface area contributed by atoms with E-state index in [9.17, 15) is 20.1 Å². The standard InChI is InChI=1S/C26H43N3O10/c30-21(13-12-19-8-4-3-5-9-19)14-15-23-22(24(31)16-25(23)32)10-6-1-2-7-11-26(33)27-20(17-38-28(34)35)18-39-29(36)37/h1,3-6,8-9,20-25,30-32,34-37H,2,7,10-18H2,(H,27,33)/b6-1-/t21-,22+,23+,24-,25+/m0/s1. The largest absolute Gasteiger partial charge is 0.393 e. The molecule has 0 saturated heterocycles. The molecule has 2 rings (SSSR count). The molecule has 1 amide bonds. The summed E-state index contributed by atoms with van der Waals surface area (Å²) in [6.45, 7) is -0.791. The van der Waals surface area contributed by atoms with Gasteiger partial charge in [0.15, 0.2) is 0 Å². The molecule has 0 spiro atoms. The van der Waals surface area contributed by atoms with Crippen LogP contribution in [0.2, 0.25) is 0 Å². The maximum atomic E-state index is 12.2. The lowest BCUT2D eigenvalue weighted by atomic mass is 9.85. The predicted molar refractivity (Wildman–Crippen MR) is 136 cm³/mol. The SMILES string of the molecule is O=C(CCC/C=C\C[C@@H]1[C@@H](CC[C@@H](O)CCc2ccccc2)[C@H](O)C[C@@H]1O)NC(CON(O)O)CON(O)O. The molecule has 1 aliphatic rings. The molecule has 1 aromatic carbocycles. The lowest BCUT2D eigenvalue weighted by Crippen LogP contribution is -2.43. The van der Waals surface area contributed by atoms with Gasteiger partial charge < -0.3 is 20.6 Å². The first-order valence-electron chi connectivity index (χ1n) is 13.3. The Morgan fingerprint density at radius 2 is 1.62 bits per heavy atom. The molecule has 5 atom stereocenters. The second-order valence-electron chi connectivity index (χ2n) is 9.91. The molecule has 222 valence electrons. The van der Waals surface area contributed by atoms with Gasteiger partial charge in [0.1, 0.15) is 0 Å². The molecule has 0 heterocycles. The van der Waals surface area contributed by atoms with E-state index in [0.29, 0.717) is 44.9 Å². The first-order valence-corrected chi connectivity index (χ1v) is 13.3. The number of nitrogens with one attached hydrogen (secondary N) is 1. The van der Waals surface area contributed by atoms with Crippen molar-refractivity contribution >= 4 is 5.91 Å². The Kier molecular flexibility index (Phi) is 15.6. The number of amides is 1. The monoisotopic (exact) mass is 557 g/mol. The highest BCUT2D eigenvalue weighted by molar-refractivity contribution is 5.76. The number of benzene rings is 1. The Labute approximate surface area is 228 Å². The fourth-order valence-electron chi connectivity index (χ4n) is 4.91. The number of carbonyl (C=O) groups is 1. The third kappa shape index (κ3) is 13.8. The van der Waals surface area contributed by atoms with Gasteiger partial charge in [-0.15, -0.1) is 0 Å². The van der Waals surface area contributed by atoms with Crippen LogP contribution in [0.25, 0.3) is 0 Å². The molecule has 0 bridgehead atoms. The van der Waals surface area contributed by atoms with Crippen molar-refractivity contribution in [3.63, 3.8) is 0 Å². The summed E-state index contributed by atoms with van der Waals surface area (Å²) < 4.78 is 0. The topological polar surface area (TPSA) is 196 Å². The molecular weight excluding hydrogens is 514 g/mol. The van der Waals surface area contributed by atoms with Gasteiger partial charge in [-0.3, -0.25) is 25.6 Å². The Bertz CT molecular complexity index is 817. The van der Waals surface area contributed by atoms with Crippen LogP contribution in [0, 0.1) is 11.8 Å². The zero-order valence-electron chi connectivity index (χ0n) is 22.0. The molecule has 13 nitrogen and oxygen atoms in total. The highest BCUT2D eigenvalue weighted by atomic mass is 17.1. The van der Waals surface area contributed by atoms with Gasteiger partial charge in [0.2, 0.25) is 5.91 Å². The highest BCUT2D eigenvalue weighted by Gasteiger charge is 2.40. The molecule has 13 heteroatoms. The minimum absolute atomic E-state index is 0.0919. The van der Waals surface area contributed by atoms with Crippen LogP contribution in [-0.2, 0) is 20.9 Å². The summed E-state index contributed by atoms with van der Waals surface area (Å²) >= 11 is 0. The maximum Gasteiger partial charge on any atom is 0.220 e. The number of hydrogen-bond donors (Lipinski definition) is 8. The summed E-state index contributed by atoms with van der Waals surface area (Å²) in [7, 11) is 0. The van der Waals surface area contributed by atoms with Gasteiger partial charge in [0, 0.05) is 6.42 Å². The molecular formula is C26H43N3O10. The van der Waals surface area contributed by atoms with Gasteiger partial charge in [-0.25, -0.2) is 9.68 Å². The Balaban J connectivity index is 1.69. The van der Waals surface area contributed by atoms with Crippen LogP contribution in [0.4, 0.5) is 0 Å². The van der Waals surface area contributed by atoms with Crippen LogP contribution >= 0.6 is 0 Å². The van der Waals surface area contributed by atoms with E-state index < -0.39 is 48.3 Å². The van der Waals surface area contributed by atoms with Gasteiger partial charge in [-0.2, -0.15) is 0 Å². The van der Waals surface area contributed by atoms with Crippen molar-refractivity contribution in [3.05, 3.63) is 48.0 Å². The molecule has 1 saturated carbocycles. The minimum Gasteiger partial charge on any atom is -0.393 e. The van der Waals surface area contributed by atoms with E-state index in [1.54, 1.807) is 0 Å². The van der Waals surface area contributed by atoms with Crippen LogP contribution in [0.15, 0.2) is 42.5 Å². The fourth-order valence-corrected chi connectivity index (χ4v) is 4.91. The predicted octanol–water partition coefficient (Wildman–Crippen LogP) is 1.74. The number of unbranched alkanes of at least 4 members (excludes halogenated alkanes) is 1. The van der Waals surface area contributed by atoms with Crippen molar-refractivity contribution in [2.45, 2.75) is 82.1 Å². The first-order chi connectivity index (χ1) is 18.7. The lowest BCUT2D eigenvalue weighted by Gasteiger charge is -2.23. The summed E-state index contributed by atoms with van der Waals surface area (Å²) in [5, 5.41) is 67.4. The molecule has 8 N–H and O–H groups in total. The van der Waals surface area contributed by atoms with E-state index in [1.807, 2.05) is 42.5 Å². The van der Waals surface area contributed by atoms with Gasteiger partial charge in [0.25, 0.3) is 0 Å². The Hall–Kier alpha value is -2.01. The molecule has 39 heavy (non-hydrogen) atoms. The third-order valence-corrected chi connectivity index (χ3v) is 6.96. The normalized spacial score (nSPS) is 22.4. The Morgan fingerprint density at radius 1 is 0.974 bits per heavy atom. The maximum absolute atomic E-state index is 12.2. The van der Waals surface area contributed by atoms with Crippen molar-refractivity contribution in [2.75, 3.05) is 13.2 Å². The van der Waals surface area contributed by atoms with Gasteiger partial charge in [-0.05, 0) is 68.8 Å². The molecule has 1 aliphatic carbocycles. The summed E-state index contributed by atoms with van der Waals surface area (Å²) in [6, 6.07) is 9.09. The smallest absolute Gasteiger partial charge is 0.220 e. The number of allylic oxidation sites excluding steroid dienone is 2. The minimum atomic E-state index is -0.888. The molecule has 1 fully saturated rings. The molecule has 0 radical (unpaired) electrons. The zero-order valence-corrected chi connectivity index (χ0v) is 22.0. The van der Waals surface area contributed by atoms with Crippen LogP contribution in [0.1, 0.15) is 56.9 Å². The van der Waals surface area contributed by atoms with Gasteiger partial charge in [0.05, 0.1) is 48.3 Å². The van der Waals surface area contributed by atoms with Crippen LogP contribution in [0.5, 0.6) is 0 Å². The number of carbonyl (C=O) groups excluding carboxylic acids is 1. The summed E-state index contributed by atoms with van der Waals surface area (Å²) in [4.78, 5) is 21.0. The third-order valence-electron chi connectivity index (χ3n) is 6.96. The van der Waals surface area contributed by atoms with Gasteiger partial charge in [-0.1, -0.05) is 42.5 Å². The molecule has 1 aromatic rings. The number of rotatable bonds is 19. The van der Waals surface area contributed by atoms with Crippen molar-refractivity contribution in [2.24, 2.45) is 11.8 Å². The van der Waals surface area contributed by atoms with E-state index in [2.05, 4.69) is 15.0 Å². The number of nitrogens with zero attached hydrogens (tertiary/aromatic N) is 2. The van der Waals surface area contributed by atoms with E-state index in [-0.39, 0.29) is 24.2 Å². The summed E-state index contributed by atoms with van der Waals surface area (Å²) in [5.41, 5.74) is 1.18. The summed E-state index contributed by atoms with van der Waals surface area (Å²) in [5.74, 6) is -0.562. The fraction of sp³-hybridized carbons (Fsp3) is 0.654. The van der Waals surface area contributed by atoms with Gasteiger partial charge >= 0.3 is 0 Å². The molecule has 0 aliphatic heterocycles. The average molecular weight is 558 g/mol. The van der Waals surface area contributed by atoms with Crippen molar-refractivity contribution in [1.29, 1.82) is 0 Å². The zero-order chi connectivity index (χ0) is 28.6. The van der Waals surface area contributed by atoms with E-state index in [0.717, 1.165) is 6.42 Å². The second-order valence-corrected chi connectivity index (χ2v) is 9.91. The van der Waals surface area contributed by atoms with Crippen LogP contribution in [0.3, 0.4) is 0 Å². The van der Waals surface area contributed by atoms with Crippen molar-refractivity contribution < 1.29 is 50.6 Å². The van der Waals surface area contributed by atoms with Crippen molar-refractivity contribution in [3.8, 4) is 0 Å². The van der Waals surface area contributed by atoms with Crippen LogP contribution in [-0.4, -0.2) is 90.4 Å². The second kappa shape index (κ2) is 18.4. The first kappa shape index (κ1) is 33.2. The number of aliphatic hydroxyl groups is 3. The molecule has 0 unspecified atom stereocenters. The number of hydrogen-bond acceptors (Lipinski definition) is 12. The van der Waals surface area contributed by atoms with Crippen molar-refractivity contribution in [1.82, 2.24) is 16.1 Å². The van der Waals surface area contributed by atoms with E-state index in [1.165, 1.54) is 5.56 Å². The highest BCUT2D eigenvalue weighted by Crippen LogP contribution is 2.38. The lowest BCUT2D eigenvalue weighted by molar-refractivity contribution is -0.502. The Morgan fingerprint density at radius 3 is 2.26 bits per heavy atom. The number of aliphatic hydroxyl groups excluding tert-OH is 3. The average Bonchev–Trinajstić information content (AvgIpc) is 3.17. The summed E-state index contributed by atoms with van der Waals surface area (Å²) in [6.07, 6.45) is 7.02. The van der Waals surface area contributed by atoms with E-state index in [4.69, 9.17) is 20.8 Å². The quantitative estimate of drug-likeness (QED) is 0.0698. The number of aryl methyl sites for hydroxylation is 1. The molecule has 0 aromatic heterocycles. The van der Waals surface area contributed by atoms with Crippen LogP contribution < -0.4 is 5.32 Å². The van der Waals surface area contributed by atoms with E-state index >= 15 is 0 Å².